The van der Waals surface area contributed by atoms with E-state index in [9.17, 15) is 4.79 Å². The van der Waals surface area contributed by atoms with Gasteiger partial charge in [0.15, 0.2) is 0 Å². The summed E-state index contributed by atoms with van der Waals surface area (Å²) in [6.45, 7) is 4.56. The Kier molecular flexibility index (Phi) is 6.97. The minimum Gasteiger partial charge on any atom is -0.351 e. The molecule has 0 heterocycles. The van der Waals surface area contributed by atoms with Crippen molar-refractivity contribution < 1.29 is 4.79 Å². The number of nitrogens with two attached hydrogens (primary N) is 1. The summed E-state index contributed by atoms with van der Waals surface area (Å²) >= 11 is 0. The largest absolute Gasteiger partial charge is 0.351 e. The molecule has 0 aliphatic heterocycles. The van der Waals surface area contributed by atoms with E-state index >= 15 is 0 Å². The molecule has 128 valence electrons. The average Bonchev–Trinajstić information content (AvgIpc) is 2.60. The molecule has 2 aromatic carbocycles. The highest BCUT2D eigenvalue weighted by atomic mass is 16.2. The van der Waals surface area contributed by atoms with Crippen molar-refractivity contribution in [1.82, 2.24) is 10.2 Å². The summed E-state index contributed by atoms with van der Waals surface area (Å²) in [6, 6.07) is 17.6. The van der Waals surface area contributed by atoms with Crippen molar-refractivity contribution >= 4 is 5.91 Å². The van der Waals surface area contributed by atoms with Gasteiger partial charge in [0.25, 0.3) is 0 Å². The molecule has 0 aliphatic carbocycles. The van der Waals surface area contributed by atoms with Gasteiger partial charge < -0.3 is 16.0 Å². The molecule has 0 fully saturated rings. The first-order chi connectivity index (χ1) is 11.6. The van der Waals surface area contributed by atoms with Crippen LogP contribution in [0.5, 0.6) is 0 Å². The molecule has 2 aromatic rings. The molecule has 1 amide bonds. The molecule has 2 rings (SSSR count). The molecule has 0 radical (unpaired) electrons. The van der Waals surface area contributed by atoms with Gasteiger partial charge in [-0.1, -0.05) is 61.5 Å². The number of hydrogen-bond donors (Lipinski definition) is 2. The Bertz CT molecular complexity index is 642. The highest BCUT2D eigenvalue weighted by Gasteiger charge is 2.13. The molecule has 1 unspecified atom stereocenters. The third kappa shape index (κ3) is 5.80. The fourth-order valence-corrected chi connectivity index (χ4v) is 2.54. The van der Waals surface area contributed by atoms with Gasteiger partial charge in [0, 0.05) is 13.1 Å². The summed E-state index contributed by atoms with van der Waals surface area (Å²) in [7, 11) is 2.09. The second-order valence-corrected chi connectivity index (χ2v) is 6.16. The van der Waals surface area contributed by atoms with Gasteiger partial charge in [0.1, 0.15) is 0 Å². The molecule has 0 saturated heterocycles. The molecule has 4 heteroatoms. The number of carbonyl (C=O) groups is 1. The normalized spacial score (nSPS) is 12.2. The fourth-order valence-electron chi connectivity index (χ4n) is 2.54. The lowest BCUT2D eigenvalue weighted by Crippen LogP contribution is -2.41. The van der Waals surface area contributed by atoms with Crippen LogP contribution in [0.2, 0.25) is 0 Å². The first-order valence-electron chi connectivity index (χ1n) is 8.42. The SMILES string of the molecule is CCN(C)Cc1cccc(CNC(=O)C(N)Cc2ccccc2)c1. The van der Waals surface area contributed by atoms with E-state index in [0.29, 0.717) is 13.0 Å². The summed E-state index contributed by atoms with van der Waals surface area (Å²) in [5, 5.41) is 2.94. The monoisotopic (exact) mass is 325 g/mol. The summed E-state index contributed by atoms with van der Waals surface area (Å²) < 4.78 is 0. The molecule has 4 nitrogen and oxygen atoms in total. The van der Waals surface area contributed by atoms with Crippen molar-refractivity contribution in [1.29, 1.82) is 0 Å². The van der Waals surface area contributed by atoms with Gasteiger partial charge in [-0.25, -0.2) is 0 Å². The number of hydrogen-bond acceptors (Lipinski definition) is 3. The Morgan fingerprint density at radius 3 is 2.46 bits per heavy atom. The van der Waals surface area contributed by atoms with Gasteiger partial charge in [-0.3, -0.25) is 4.79 Å². The molecule has 0 aromatic heterocycles. The predicted octanol–water partition coefficient (Wildman–Crippen LogP) is 2.32. The quantitative estimate of drug-likeness (QED) is 0.783. The lowest BCUT2D eigenvalue weighted by molar-refractivity contribution is -0.122. The maximum Gasteiger partial charge on any atom is 0.237 e. The minimum atomic E-state index is -0.526. The zero-order valence-corrected chi connectivity index (χ0v) is 14.5. The molecule has 0 saturated carbocycles. The van der Waals surface area contributed by atoms with E-state index in [1.165, 1.54) is 5.56 Å². The summed E-state index contributed by atoms with van der Waals surface area (Å²) in [6.07, 6.45) is 0.550. The van der Waals surface area contributed by atoms with Crippen molar-refractivity contribution in [2.45, 2.75) is 32.5 Å². The Labute approximate surface area is 144 Å². The molecule has 3 N–H and O–H groups in total. The summed E-state index contributed by atoms with van der Waals surface area (Å²) in [5.41, 5.74) is 9.43. The number of rotatable bonds is 8. The molecule has 1 atom stereocenters. The van der Waals surface area contributed by atoms with Crippen LogP contribution in [-0.4, -0.2) is 30.4 Å². The third-order valence-electron chi connectivity index (χ3n) is 4.09. The minimum absolute atomic E-state index is 0.116. The van der Waals surface area contributed by atoms with Crippen LogP contribution in [-0.2, 0) is 24.3 Å². The first kappa shape index (κ1) is 18.2. The Hall–Kier alpha value is -2.17. The van der Waals surface area contributed by atoms with Crippen LogP contribution in [0.1, 0.15) is 23.6 Å². The predicted molar refractivity (Wildman–Crippen MR) is 98.4 cm³/mol. The van der Waals surface area contributed by atoms with Crippen LogP contribution >= 0.6 is 0 Å². The summed E-state index contributed by atoms with van der Waals surface area (Å²) in [5.74, 6) is -0.116. The third-order valence-corrected chi connectivity index (χ3v) is 4.09. The Morgan fingerprint density at radius 2 is 1.75 bits per heavy atom. The standard InChI is InChI=1S/C20H27N3O/c1-3-23(2)15-18-11-7-10-17(12-18)14-22-20(24)19(21)13-16-8-5-4-6-9-16/h4-12,19H,3,13-15,21H2,1-2H3,(H,22,24). The van der Waals surface area contributed by atoms with Crippen LogP contribution in [0.4, 0.5) is 0 Å². The van der Waals surface area contributed by atoms with Gasteiger partial charge in [-0.2, -0.15) is 0 Å². The highest BCUT2D eigenvalue weighted by Crippen LogP contribution is 2.08. The van der Waals surface area contributed by atoms with Gasteiger partial charge in [-0.15, -0.1) is 0 Å². The van der Waals surface area contributed by atoms with E-state index in [0.717, 1.165) is 24.2 Å². The fraction of sp³-hybridized carbons (Fsp3) is 0.350. The lowest BCUT2D eigenvalue weighted by Gasteiger charge is -2.15. The second-order valence-electron chi connectivity index (χ2n) is 6.16. The van der Waals surface area contributed by atoms with Crippen molar-refractivity contribution in [2.24, 2.45) is 5.73 Å². The van der Waals surface area contributed by atoms with Crippen molar-refractivity contribution in [3.63, 3.8) is 0 Å². The smallest absolute Gasteiger partial charge is 0.237 e. The molecule has 0 aliphatic rings. The van der Waals surface area contributed by atoms with Crippen molar-refractivity contribution in [2.75, 3.05) is 13.6 Å². The lowest BCUT2D eigenvalue weighted by atomic mass is 10.1. The number of nitrogens with one attached hydrogen (secondary N) is 1. The zero-order chi connectivity index (χ0) is 17.4. The number of benzene rings is 2. The Morgan fingerprint density at radius 1 is 1.08 bits per heavy atom. The molecular formula is C20H27N3O. The van der Waals surface area contributed by atoms with Gasteiger partial charge in [-0.05, 0) is 36.7 Å². The van der Waals surface area contributed by atoms with Gasteiger partial charge in [0.2, 0.25) is 5.91 Å². The van der Waals surface area contributed by atoms with Crippen LogP contribution < -0.4 is 11.1 Å². The molecule has 0 bridgehead atoms. The van der Waals surface area contributed by atoms with E-state index in [4.69, 9.17) is 5.73 Å². The maximum atomic E-state index is 12.2. The van der Waals surface area contributed by atoms with E-state index in [2.05, 4.69) is 36.3 Å². The molecule has 24 heavy (non-hydrogen) atoms. The van der Waals surface area contributed by atoms with Crippen molar-refractivity contribution in [3.8, 4) is 0 Å². The van der Waals surface area contributed by atoms with Gasteiger partial charge in [0.05, 0.1) is 6.04 Å². The van der Waals surface area contributed by atoms with E-state index in [1.54, 1.807) is 0 Å². The maximum absolute atomic E-state index is 12.2. The highest BCUT2D eigenvalue weighted by molar-refractivity contribution is 5.81. The molecular weight excluding hydrogens is 298 g/mol. The van der Waals surface area contributed by atoms with Crippen molar-refractivity contribution in [3.05, 3.63) is 71.3 Å². The number of carbonyl (C=O) groups excluding carboxylic acids is 1. The summed E-state index contributed by atoms with van der Waals surface area (Å²) in [4.78, 5) is 14.4. The van der Waals surface area contributed by atoms with Crippen LogP contribution in [0.15, 0.2) is 54.6 Å². The van der Waals surface area contributed by atoms with Crippen LogP contribution in [0.25, 0.3) is 0 Å². The Balaban J connectivity index is 1.86. The van der Waals surface area contributed by atoms with E-state index < -0.39 is 6.04 Å². The van der Waals surface area contributed by atoms with Crippen LogP contribution in [0, 0.1) is 0 Å². The van der Waals surface area contributed by atoms with E-state index in [-0.39, 0.29) is 5.91 Å². The zero-order valence-electron chi connectivity index (χ0n) is 14.5. The first-order valence-corrected chi connectivity index (χ1v) is 8.42. The second kappa shape index (κ2) is 9.21. The molecule has 0 spiro atoms. The topological polar surface area (TPSA) is 58.4 Å². The van der Waals surface area contributed by atoms with E-state index in [1.807, 2.05) is 42.5 Å². The average molecular weight is 325 g/mol. The number of nitrogens with zero attached hydrogens (tertiary/aromatic N) is 1. The number of amides is 1. The van der Waals surface area contributed by atoms with Gasteiger partial charge >= 0.3 is 0 Å². The van der Waals surface area contributed by atoms with Crippen LogP contribution in [0.3, 0.4) is 0 Å².